The summed E-state index contributed by atoms with van der Waals surface area (Å²) in [7, 11) is -1.19. The normalized spacial score (nSPS) is 11.3. The molecule has 9 nitrogen and oxygen atoms in total. The van der Waals surface area contributed by atoms with Crippen molar-refractivity contribution in [2.75, 3.05) is 18.5 Å². The topological polar surface area (TPSA) is 119 Å². The maximum atomic E-state index is 14.2. The van der Waals surface area contributed by atoms with E-state index in [1.807, 2.05) is 0 Å². The third-order valence-electron chi connectivity index (χ3n) is 7.41. The van der Waals surface area contributed by atoms with E-state index < -0.39 is 15.8 Å². The molecule has 0 bridgehead atoms. The van der Waals surface area contributed by atoms with Crippen LogP contribution in [0.4, 0.5) is 10.2 Å². The molecule has 2 heterocycles. The fourth-order valence-corrected chi connectivity index (χ4v) is 6.81. The van der Waals surface area contributed by atoms with E-state index in [1.165, 1.54) is 49.9 Å². The van der Waals surface area contributed by atoms with Gasteiger partial charge in [-0.3, -0.25) is 4.98 Å². The number of fused-ring (bicyclic) bond motifs is 1. The van der Waals surface area contributed by atoms with Crippen LogP contribution in [-0.2, 0) is 16.6 Å². The maximum Gasteiger partial charge on any atom is 0.265 e. The molecule has 0 amide bonds. The molecule has 0 N–H and O–H groups in total. The molecule has 0 fully saturated rings. The fourth-order valence-electron chi connectivity index (χ4n) is 5.12. The van der Waals surface area contributed by atoms with Gasteiger partial charge < -0.3 is 14.0 Å². The molecular formula is C34H24ClFN4O5S. The van der Waals surface area contributed by atoms with Gasteiger partial charge in [-0.15, -0.1) is 0 Å². The van der Waals surface area contributed by atoms with Gasteiger partial charge in [-0.1, -0.05) is 47.1 Å². The number of methoxy groups -OCH3 is 2. The number of hydrogen-bond donors (Lipinski definition) is 0. The average Bonchev–Trinajstić information content (AvgIpc) is 3.61. The Morgan fingerprint density at radius 1 is 0.957 bits per heavy atom. The lowest BCUT2D eigenvalue weighted by Gasteiger charge is -2.22. The maximum absolute atomic E-state index is 14.2. The predicted octanol–water partition coefficient (Wildman–Crippen LogP) is 7.63. The molecule has 0 saturated heterocycles. The number of hydrogen-bond acceptors (Lipinski definition) is 8. The molecule has 6 rings (SSSR count). The van der Waals surface area contributed by atoms with Crippen LogP contribution in [0.2, 0.25) is 5.02 Å². The number of ether oxygens (including phenoxy) is 2. The van der Waals surface area contributed by atoms with E-state index in [9.17, 15) is 18.1 Å². The van der Waals surface area contributed by atoms with E-state index >= 15 is 0 Å². The van der Waals surface area contributed by atoms with Crippen LogP contribution in [0.5, 0.6) is 11.5 Å². The van der Waals surface area contributed by atoms with E-state index in [2.05, 4.69) is 16.2 Å². The van der Waals surface area contributed by atoms with Gasteiger partial charge in [-0.2, -0.15) is 5.26 Å². The lowest BCUT2D eigenvalue weighted by Crippen LogP contribution is -2.30. The van der Waals surface area contributed by atoms with Crippen molar-refractivity contribution in [2.24, 2.45) is 0 Å². The summed E-state index contributed by atoms with van der Waals surface area (Å²) in [6.45, 7) is -0.0447. The number of sulfonamides is 1. The molecule has 0 aliphatic heterocycles. The van der Waals surface area contributed by atoms with Crippen LogP contribution in [0.1, 0.15) is 11.1 Å². The quantitative estimate of drug-likeness (QED) is 0.156. The Hall–Kier alpha value is -5.44. The van der Waals surface area contributed by atoms with E-state index in [-0.39, 0.29) is 22.8 Å². The van der Waals surface area contributed by atoms with Gasteiger partial charge in [0, 0.05) is 39.2 Å². The summed E-state index contributed by atoms with van der Waals surface area (Å²) < 4.78 is 59.3. The molecular weight excluding hydrogens is 631 g/mol. The highest BCUT2D eigenvalue weighted by Gasteiger charge is 2.28. The zero-order chi connectivity index (χ0) is 32.4. The standard InChI is InChI=1S/C34H24ClFN4O5S/c1-43-25-8-6-21(7-9-25)20-40(33-12-13-45-39-33)46(41,42)26-10-11-27-28(15-26)23(18-37)19-38-34(27)30-16-31(35)29(17-32(30)44-2)22-4-3-5-24(36)14-22/h3-17,19H,20H2,1-2H3. The number of halogens is 2. The first-order valence-corrected chi connectivity index (χ1v) is 15.6. The molecule has 0 radical (unpaired) electrons. The number of nitrogens with zero attached hydrogens (tertiary/aromatic N) is 4. The highest BCUT2D eigenvalue weighted by molar-refractivity contribution is 7.92. The Morgan fingerprint density at radius 3 is 2.43 bits per heavy atom. The molecule has 0 saturated carbocycles. The minimum Gasteiger partial charge on any atom is -0.497 e. The SMILES string of the molecule is COc1ccc(CN(c2ccon2)S(=O)(=O)c2ccc3c(-c4cc(Cl)c(-c5cccc(F)c5)cc4OC)ncc(C#N)c3c2)cc1. The van der Waals surface area contributed by atoms with Crippen LogP contribution in [-0.4, -0.2) is 32.8 Å². The first-order chi connectivity index (χ1) is 22.2. The monoisotopic (exact) mass is 654 g/mol. The smallest absolute Gasteiger partial charge is 0.265 e. The Balaban J connectivity index is 1.46. The van der Waals surface area contributed by atoms with E-state index in [0.29, 0.717) is 55.2 Å². The molecule has 0 aliphatic rings. The summed E-state index contributed by atoms with van der Waals surface area (Å²) in [5, 5.41) is 15.0. The second kappa shape index (κ2) is 12.5. The molecule has 230 valence electrons. The molecule has 0 unspecified atom stereocenters. The van der Waals surface area contributed by atoms with Crippen molar-refractivity contribution in [1.82, 2.24) is 10.1 Å². The van der Waals surface area contributed by atoms with Gasteiger partial charge in [-0.05, 0) is 59.7 Å². The van der Waals surface area contributed by atoms with Crippen molar-refractivity contribution >= 4 is 38.2 Å². The van der Waals surface area contributed by atoms with Gasteiger partial charge in [-0.25, -0.2) is 17.1 Å². The van der Waals surface area contributed by atoms with Crippen LogP contribution in [0.3, 0.4) is 0 Å². The minimum atomic E-state index is -4.22. The van der Waals surface area contributed by atoms with Crippen LogP contribution < -0.4 is 13.8 Å². The Labute approximate surface area is 269 Å². The van der Waals surface area contributed by atoms with Gasteiger partial charge in [0.15, 0.2) is 5.82 Å². The van der Waals surface area contributed by atoms with Crippen LogP contribution in [0.15, 0.2) is 107 Å². The number of benzene rings is 4. The molecule has 0 atom stereocenters. The van der Waals surface area contributed by atoms with Gasteiger partial charge in [0.25, 0.3) is 10.0 Å². The third kappa shape index (κ3) is 5.72. The molecule has 6 aromatic rings. The lowest BCUT2D eigenvalue weighted by molar-refractivity contribution is 0.414. The van der Waals surface area contributed by atoms with Gasteiger partial charge in [0.2, 0.25) is 0 Å². The van der Waals surface area contributed by atoms with E-state index in [0.717, 1.165) is 4.31 Å². The fraction of sp³-hybridized carbons (Fsp3) is 0.0882. The van der Waals surface area contributed by atoms with E-state index in [4.69, 9.17) is 25.6 Å². The van der Waals surface area contributed by atoms with Crippen molar-refractivity contribution < 1.29 is 26.8 Å². The van der Waals surface area contributed by atoms with E-state index in [1.54, 1.807) is 61.7 Å². The van der Waals surface area contributed by atoms with Gasteiger partial charge in [0.1, 0.15) is 29.6 Å². The molecule has 0 spiro atoms. The first kappa shape index (κ1) is 30.6. The second-order valence-corrected chi connectivity index (χ2v) is 12.4. The largest absolute Gasteiger partial charge is 0.497 e. The highest BCUT2D eigenvalue weighted by Crippen LogP contribution is 2.42. The number of rotatable bonds is 9. The summed E-state index contributed by atoms with van der Waals surface area (Å²) >= 11 is 6.69. The molecule has 46 heavy (non-hydrogen) atoms. The highest BCUT2D eigenvalue weighted by atomic mass is 35.5. The van der Waals surface area contributed by atoms with Gasteiger partial charge >= 0.3 is 0 Å². The Kier molecular flexibility index (Phi) is 8.32. The van der Waals surface area contributed by atoms with Crippen molar-refractivity contribution in [3.8, 4) is 40.0 Å². The summed E-state index contributed by atoms with van der Waals surface area (Å²) in [5.74, 6) is 0.706. The van der Waals surface area contributed by atoms with Crippen molar-refractivity contribution in [3.05, 3.63) is 119 Å². The average molecular weight is 655 g/mol. The molecule has 0 aliphatic carbocycles. The van der Waals surface area contributed by atoms with Crippen LogP contribution in [0, 0.1) is 17.1 Å². The zero-order valence-electron chi connectivity index (χ0n) is 24.4. The van der Waals surface area contributed by atoms with Crippen molar-refractivity contribution in [2.45, 2.75) is 11.4 Å². The lowest BCUT2D eigenvalue weighted by atomic mass is 9.97. The van der Waals surface area contributed by atoms with Crippen molar-refractivity contribution in [3.63, 3.8) is 0 Å². The van der Waals surface area contributed by atoms with Crippen molar-refractivity contribution in [1.29, 1.82) is 5.26 Å². The van der Waals surface area contributed by atoms with Crippen LogP contribution in [0.25, 0.3) is 33.2 Å². The number of nitriles is 1. The summed E-state index contributed by atoms with van der Waals surface area (Å²) in [5.41, 5.74) is 2.88. The van der Waals surface area contributed by atoms with Gasteiger partial charge in [0.05, 0.1) is 36.9 Å². The second-order valence-electron chi connectivity index (χ2n) is 10.1. The minimum absolute atomic E-state index is 0.0447. The molecule has 4 aromatic carbocycles. The summed E-state index contributed by atoms with van der Waals surface area (Å²) in [4.78, 5) is 4.47. The Bertz CT molecular complexity index is 2220. The third-order valence-corrected chi connectivity index (χ3v) is 9.47. The summed E-state index contributed by atoms with van der Waals surface area (Å²) in [6, 6.07) is 24.4. The number of anilines is 1. The number of aromatic nitrogens is 2. The Morgan fingerprint density at radius 2 is 1.76 bits per heavy atom. The first-order valence-electron chi connectivity index (χ1n) is 13.8. The summed E-state index contributed by atoms with van der Waals surface area (Å²) in [6.07, 6.45) is 2.66. The molecule has 12 heteroatoms. The number of pyridine rings is 1. The predicted molar refractivity (Wildman–Crippen MR) is 172 cm³/mol. The van der Waals surface area contributed by atoms with Crippen LogP contribution >= 0.6 is 11.6 Å². The zero-order valence-corrected chi connectivity index (χ0v) is 26.0. The molecule has 2 aromatic heterocycles.